The zero-order valence-electron chi connectivity index (χ0n) is 29.5. The monoisotopic (exact) mass is 742 g/mol. The van der Waals surface area contributed by atoms with E-state index in [-0.39, 0.29) is 16.5 Å². The molecule has 1 fully saturated rings. The molecule has 1 aliphatic heterocycles. The summed E-state index contributed by atoms with van der Waals surface area (Å²) in [4.78, 5) is 7.09. The van der Waals surface area contributed by atoms with E-state index in [1.54, 1.807) is 42.6 Å². The Hall–Kier alpha value is -5.74. The molecule has 0 bridgehead atoms. The van der Waals surface area contributed by atoms with Crippen LogP contribution in [0.25, 0.3) is 22.0 Å². The maximum absolute atomic E-state index is 15.2. The van der Waals surface area contributed by atoms with Crippen molar-refractivity contribution in [1.82, 2.24) is 14.8 Å². The lowest BCUT2D eigenvalue weighted by atomic mass is 9.77. The van der Waals surface area contributed by atoms with Crippen LogP contribution in [0.15, 0.2) is 157 Å². The molecule has 272 valence electrons. The van der Waals surface area contributed by atoms with E-state index in [9.17, 15) is 8.42 Å². The number of alkyl halides is 3. The van der Waals surface area contributed by atoms with Crippen LogP contribution in [0, 0.1) is 0 Å². The zero-order chi connectivity index (χ0) is 37.5. The van der Waals surface area contributed by atoms with Gasteiger partial charge in [-0.1, -0.05) is 109 Å². The summed E-state index contributed by atoms with van der Waals surface area (Å²) in [5.74, 6) is 0. The van der Waals surface area contributed by atoms with Gasteiger partial charge in [-0.2, -0.15) is 18.3 Å². The van der Waals surface area contributed by atoms with E-state index in [1.165, 1.54) is 17.1 Å². The summed E-state index contributed by atoms with van der Waals surface area (Å²) in [6, 6.07) is 42.5. The number of halogens is 3. The molecule has 5 aromatic carbocycles. The molecule has 7 aromatic rings. The molecule has 0 radical (unpaired) electrons. The number of nitrogens with zero attached hydrogens (tertiary/aromatic N) is 4. The van der Waals surface area contributed by atoms with Gasteiger partial charge < -0.3 is 4.90 Å². The van der Waals surface area contributed by atoms with Crippen LogP contribution < -0.4 is 4.90 Å². The summed E-state index contributed by atoms with van der Waals surface area (Å²) >= 11 is 0. The van der Waals surface area contributed by atoms with Crippen LogP contribution in [0.4, 0.5) is 18.9 Å². The number of aromatic nitrogens is 3. The molecular weight excluding hydrogens is 706 g/mol. The predicted molar refractivity (Wildman–Crippen MR) is 206 cm³/mol. The van der Waals surface area contributed by atoms with Crippen LogP contribution in [0.2, 0.25) is 0 Å². The minimum Gasteiger partial charge on any atom is -0.364 e. The minimum atomic E-state index is -4.77. The second kappa shape index (κ2) is 13.9. The Morgan fingerprint density at radius 2 is 1.35 bits per heavy atom. The molecule has 0 spiro atoms. The number of pyridine rings is 1. The normalized spacial score (nSPS) is 15.4. The average Bonchev–Trinajstić information content (AvgIpc) is 3.66. The molecule has 8 rings (SSSR count). The number of hydrogen-bond donors (Lipinski definition) is 0. The number of fused-ring (bicyclic) bond motifs is 1. The van der Waals surface area contributed by atoms with Crippen LogP contribution in [0.3, 0.4) is 0 Å². The first kappa shape index (κ1) is 35.3. The highest BCUT2D eigenvalue weighted by Gasteiger charge is 2.44. The van der Waals surface area contributed by atoms with Crippen molar-refractivity contribution in [2.75, 3.05) is 17.7 Å². The van der Waals surface area contributed by atoms with E-state index in [2.05, 4.69) is 15.0 Å². The van der Waals surface area contributed by atoms with Crippen molar-refractivity contribution in [2.45, 2.75) is 41.9 Å². The van der Waals surface area contributed by atoms with Gasteiger partial charge in [-0.05, 0) is 77.4 Å². The molecule has 1 saturated heterocycles. The molecule has 0 aliphatic carbocycles. The van der Waals surface area contributed by atoms with Gasteiger partial charge in [0.15, 0.2) is 15.5 Å². The standard InChI is InChI=1S/C44H37F3N4O2S/c1-54(52,53)36-21-13-14-32(28-36)40-22-11-12-27-50(40)41-25-26-48-39-24-23-31(29-37(39)41)38-30-51(49-42(38)44(45,46)47)43(33-15-5-2-6-16-33,34-17-7-3-8-18-34)35-19-9-4-10-20-35/h2-10,13-21,23-26,28-30,40H,11-12,22,27H2,1H3. The number of piperidine rings is 1. The Labute approximate surface area is 312 Å². The molecule has 6 nitrogen and oxygen atoms in total. The summed E-state index contributed by atoms with van der Waals surface area (Å²) in [6.07, 6.45) is 2.32. The van der Waals surface area contributed by atoms with Gasteiger partial charge in [-0.15, -0.1) is 0 Å². The molecule has 1 atom stereocenters. The minimum absolute atomic E-state index is 0.0533. The molecule has 0 saturated carbocycles. The summed E-state index contributed by atoms with van der Waals surface area (Å²) < 4.78 is 72.1. The lowest BCUT2D eigenvalue weighted by molar-refractivity contribution is -0.141. The van der Waals surface area contributed by atoms with Crippen molar-refractivity contribution in [1.29, 1.82) is 0 Å². The Balaban J connectivity index is 1.33. The van der Waals surface area contributed by atoms with Crippen LogP contribution >= 0.6 is 0 Å². The number of anilines is 1. The van der Waals surface area contributed by atoms with Crippen molar-refractivity contribution in [3.05, 3.63) is 180 Å². The fourth-order valence-corrected chi connectivity index (χ4v) is 8.65. The average molecular weight is 743 g/mol. The molecular formula is C44H37F3N4O2S. The zero-order valence-corrected chi connectivity index (χ0v) is 30.3. The lowest BCUT2D eigenvalue weighted by Crippen LogP contribution is -2.38. The van der Waals surface area contributed by atoms with E-state index in [4.69, 9.17) is 0 Å². The van der Waals surface area contributed by atoms with E-state index in [0.29, 0.717) is 23.0 Å². The predicted octanol–water partition coefficient (Wildman–Crippen LogP) is 10.1. The molecule has 0 N–H and O–H groups in total. The maximum atomic E-state index is 15.2. The van der Waals surface area contributed by atoms with Crippen molar-refractivity contribution in [3.8, 4) is 11.1 Å². The van der Waals surface area contributed by atoms with Crippen LogP contribution in [-0.2, 0) is 21.6 Å². The van der Waals surface area contributed by atoms with Gasteiger partial charge in [0.25, 0.3) is 0 Å². The second-order valence-electron chi connectivity index (χ2n) is 13.8. The fraction of sp³-hybridized carbons (Fsp3) is 0.182. The summed E-state index contributed by atoms with van der Waals surface area (Å²) in [5.41, 5.74) is 2.67. The van der Waals surface area contributed by atoms with Gasteiger partial charge in [0.1, 0.15) is 5.54 Å². The Bertz CT molecular complexity index is 2440. The Morgan fingerprint density at radius 1 is 0.722 bits per heavy atom. The summed E-state index contributed by atoms with van der Waals surface area (Å²) in [5, 5.41) is 5.14. The molecule has 54 heavy (non-hydrogen) atoms. The van der Waals surface area contributed by atoms with Crippen LogP contribution in [0.5, 0.6) is 0 Å². The van der Waals surface area contributed by atoms with Crippen LogP contribution in [-0.4, -0.2) is 36.0 Å². The van der Waals surface area contributed by atoms with Gasteiger partial charge in [0.05, 0.1) is 16.5 Å². The van der Waals surface area contributed by atoms with E-state index < -0.39 is 27.2 Å². The van der Waals surface area contributed by atoms with Crippen molar-refractivity contribution in [2.24, 2.45) is 0 Å². The third kappa shape index (κ3) is 6.34. The van der Waals surface area contributed by atoms with Gasteiger partial charge in [-0.3, -0.25) is 9.67 Å². The quantitative estimate of drug-likeness (QED) is 0.145. The smallest absolute Gasteiger partial charge is 0.364 e. The van der Waals surface area contributed by atoms with Gasteiger partial charge in [0.2, 0.25) is 0 Å². The SMILES string of the molecule is CS(=O)(=O)c1cccc(C2CCCCN2c2ccnc3ccc(-c4cn(C(c5ccccc5)(c5ccccc5)c5ccccc5)nc4C(F)(F)F)cc23)c1. The first-order valence-electron chi connectivity index (χ1n) is 17.8. The largest absolute Gasteiger partial charge is 0.435 e. The first-order valence-corrected chi connectivity index (χ1v) is 19.7. The highest BCUT2D eigenvalue weighted by atomic mass is 32.2. The van der Waals surface area contributed by atoms with Gasteiger partial charge in [0, 0.05) is 41.8 Å². The third-order valence-corrected chi connectivity index (χ3v) is 11.5. The van der Waals surface area contributed by atoms with Crippen molar-refractivity contribution in [3.63, 3.8) is 0 Å². The number of hydrogen-bond acceptors (Lipinski definition) is 5. The Morgan fingerprint density at radius 3 is 1.94 bits per heavy atom. The molecule has 2 aromatic heterocycles. The van der Waals surface area contributed by atoms with Crippen molar-refractivity contribution >= 4 is 26.4 Å². The number of rotatable bonds is 8. The third-order valence-electron chi connectivity index (χ3n) is 10.4. The number of sulfone groups is 1. The fourth-order valence-electron chi connectivity index (χ4n) is 7.97. The highest BCUT2D eigenvalue weighted by molar-refractivity contribution is 7.90. The summed E-state index contributed by atoms with van der Waals surface area (Å²) in [6.45, 7) is 0.691. The lowest BCUT2D eigenvalue weighted by Gasteiger charge is -2.38. The first-order chi connectivity index (χ1) is 26.0. The summed E-state index contributed by atoms with van der Waals surface area (Å²) in [7, 11) is -3.42. The highest BCUT2D eigenvalue weighted by Crippen LogP contribution is 2.45. The van der Waals surface area contributed by atoms with Crippen molar-refractivity contribution < 1.29 is 21.6 Å². The van der Waals surface area contributed by atoms with Gasteiger partial charge >= 0.3 is 6.18 Å². The molecule has 1 aliphatic rings. The van der Waals surface area contributed by atoms with E-state index in [0.717, 1.165) is 47.2 Å². The second-order valence-corrected chi connectivity index (χ2v) is 15.8. The van der Waals surface area contributed by atoms with Crippen LogP contribution in [0.1, 0.15) is 53.3 Å². The molecule has 10 heteroatoms. The molecule has 3 heterocycles. The topological polar surface area (TPSA) is 68.1 Å². The Kier molecular flexibility index (Phi) is 9.09. The number of benzene rings is 5. The molecule has 0 amide bonds. The van der Waals surface area contributed by atoms with Gasteiger partial charge in [-0.25, -0.2) is 8.42 Å². The maximum Gasteiger partial charge on any atom is 0.435 e. The van der Waals surface area contributed by atoms with E-state index >= 15 is 13.2 Å². The van der Waals surface area contributed by atoms with E-state index in [1.807, 2.05) is 103 Å². The molecule has 1 unspecified atom stereocenters.